The molecule has 1 rings (SSSR count). The van der Waals surface area contributed by atoms with E-state index in [9.17, 15) is 4.79 Å². The van der Waals surface area contributed by atoms with Gasteiger partial charge in [0.2, 0.25) is 5.91 Å². The average Bonchev–Trinajstić information content (AvgIpc) is 2.37. The quantitative estimate of drug-likeness (QED) is 0.812. The highest BCUT2D eigenvalue weighted by atomic mass is 35.5. The molecule has 114 valence electrons. The molecule has 1 amide bonds. The van der Waals surface area contributed by atoms with E-state index in [4.69, 9.17) is 0 Å². The fraction of sp³-hybridized carbons (Fsp3) is 0.562. The molecule has 0 spiro atoms. The van der Waals surface area contributed by atoms with Gasteiger partial charge < -0.3 is 10.6 Å². The van der Waals surface area contributed by atoms with Gasteiger partial charge >= 0.3 is 0 Å². The Hall–Kier alpha value is -1.06. The second-order valence-corrected chi connectivity index (χ2v) is 5.31. The van der Waals surface area contributed by atoms with Crippen LogP contribution in [0.3, 0.4) is 0 Å². The molecule has 1 atom stereocenters. The van der Waals surface area contributed by atoms with Gasteiger partial charge in [-0.2, -0.15) is 0 Å². The van der Waals surface area contributed by atoms with Crippen LogP contribution in [0.2, 0.25) is 0 Å². The highest BCUT2D eigenvalue weighted by Gasteiger charge is 2.17. The number of rotatable bonds is 7. The third kappa shape index (κ3) is 5.93. The van der Waals surface area contributed by atoms with Crippen LogP contribution < -0.4 is 10.6 Å². The molecule has 0 aliphatic carbocycles. The summed E-state index contributed by atoms with van der Waals surface area (Å²) in [5.74, 6) is 0.414. The van der Waals surface area contributed by atoms with Crippen LogP contribution in [0.25, 0.3) is 0 Å². The normalized spacial score (nSPS) is 11.8. The number of aryl methyl sites for hydroxylation is 1. The van der Waals surface area contributed by atoms with Crippen LogP contribution >= 0.6 is 12.4 Å². The Bertz CT molecular complexity index is 390. The SMILES string of the molecule is CCCc1ccc(C(NC(=O)CNC)C(C)C)cc1.Cl. The minimum Gasteiger partial charge on any atom is -0.348 e. The van der Waals surface area contributed by atoms with Crippen molar-refractivity contribution in [2.24, 2.45) is 5.92 Å². The summed E-state index contributed by atoms with van der Waals surface area (Å²) in [6, 6.07) is 8.68. The average molecular weight is 299 g/mol. The highest BCUT2D eigenvalue weighted by Crippen LogP contribution is 2.22. The second-order valence-electron chi connectivity index (χ2n) is 5.31. The summed E-state index contributed by atoms with van der Waals surface area (Å²) in [7, 11) is 1.78. The molecule has 0 aromatic heterocycles. The van der Waals surface area contributed by atoms with E-state index >= 15 is 0 Å². The third-order valence-electron chi connectivity index (χ3n) is 3.20. The second kappa shape index (κ2) is 9.78. The van der Waals surface area contributed by atoms with Gasteiger partial charge in [0.05, 0.1) is 12.6 Å². The molecule has 0 radical (unpaired) electrons. The molecule has 4 heteroatoms. The molecule has 0 saturated carbocycles. The summed E-state index contributed by atoms with van der Waals surface area (Å²) in [5, 5.41) is 5.96. The number of carbonyl (C=O) groups is 1. The molecule has 3 nitrogen and oxygen atoms in total. The molecule has 0 saturated heterocycles. The standard InChI is InChI=1S/C16H26N2O.ClH/c1-5-6-13-7-9-14(10-8-13)16(12(2)3)18-15(19)11-17-4;/h7-10,12,16-17H,5-6,11H2,1-4H3,(H,18,19);1H. The van der Waals surface area contributed by atoms with Gasteiger partial charge in [-0.05, 0) is 30.5 Å². The van der Waals surface area contributed by atoms with E-state index in [-0.39, 0.29) is 24.4 Å². The van der Waals surface area contributed by atoms with E-state index in [1.54, 1.807) is 7.05 Å². The molecule has 1 aromatic rings. The van der Waals surface area contributed by atoms with Crippen LogP contribution in [-0.4, -0.2) is 19.5 Å². The first kappa shape index (κ1) is 18.9. The molecule has 0 bridgehead atoms. The summed E-state index contributed by atoms with van der Waals surface area (Å²) in [6.07, 6.45) is 2.27. The van der Waals surface area contributed by atoms with E-state index in [1.165, 1.54) is 11.1 Å². The summed E-state index contributed by atoms with van der Waals surface area (Å²) in [4.78, 5) is 11.7. The van der Waals surface area contributed by atoms with Crippen molar-refractivity contribution in [1.82, 2.24) is 10.6 Å². The van der Waals surface area contributed by atoms with Gasteiger partial charge in [-0.1, -0.05) is 51.5 Å². The number of likely N-dealkylation sites (N-methyl/N-ethyl adjacent to an activating group) is 1. The zero-order valence-electron chi connectivity index (χ0n) is 12.9. The summed E-state index contributed by atoms with van der Waals surface area (Å²) in [5.41, 5.74) is 2.54. The van der Waals surface area contributed by atoms with Crippen LogP contribution in [0.4, 0.5) is 0 Å². The molecular formula is C16H27ClN2O. The number of carbonyl (C=O) groups excluding carboxylic acids is 1. The monoisotopic (exact) mass is 298 g/mol. The fourth-order valence-corrected chi connectivity index (χ4v) is 2.20. The first-order chi connectivity index (χ1) is 9.08. The Morgan fingerprint density at radius 3 is 2.25 bits per heavy atom. The molecule has 2 N–H and O–H groups in total. The van der Waals surface area contributed by atoms with Crippen molar-refractivity contribution >= 4 is 18.3 Å². The van der Waals surface area contributed by atoms with Crippen LogP contribution in [0.15, 0.2) is 24.3 Å². The zero-order valence-corrected chi connectivity index (χ0v) is 13.7. The smallest absolute Gasteiger partial charge is 0.234 e. The van der Waals surface area contributed by atoms with Gasteiger partial charge in [-0.3, -0.25) is 4.79 Å². The van der Waals surface area contributed by atoms with Crippen molar-refractivity contribution in [3.63, 3.8) is 0 Å². The lowest BCUT2D eigenvalue weighted by Crippen LogP contribution is -2.37. The molecular weight excluding hydrogens is 272 g/mol. The highest BCUT2D eigenvalue weighted by molar-refractivity contribution is 5.85. The van der Waals surface area contributed by atoms with Gasteiger partial charge in [-0.15, -0.1) is 12.4 Å². The lowest BCUT2D eigenvalue weighted by atomic mass is 9.94. The van der Waals surface area contributed by atoms with Crippen molar-refractivity contribution < 1.29 is 4.79 Å². The molecule has 1 unspecified atom stereocenters. The lowest BCUT2D eigenvalue weighted by molar-refractivity contribution is -0.121. The van der Waals surface area contributed by atoms with E-state index in [0.29, 0.717) is 12.5 Å². The minimum absolute atomic E-state index is 0. The van der Waals surface area contributed by atoms with Crippen LogP contribution in [0.1, 0.15) is 44.4 Å². The van der Waals surface area contributed by atoms with Crippen molar-refractivity contribution in [1.29, 1.82) is 0 Å². The summed E-state index contributed by atoms with van der Waals surface area (Å²) < 4.78 is 0. The van der Waals surface area contributed by atoms with Crippen LogP contribution in [0, 0.1) is 5.92 Å². The molecule has 0 fully saturated rings. The van der Waals surface area contributed by atoms with Gasteiger partial charge in [0.1, 0.15) is 0 Å². The molecule has 0 aliphatic rings. The van der Waals surface area contributed by atoms with Crippen molar-refractivity contribution in [3.05, 3.63) is 35.4 Å². The van der Waals surface area contributed by atoms with Crippen molar-refractivity contribution in [2.75, 3.05) is 13.6 Å². The number of amides is 1. The number of hydrogen-bond acceptors (Lipinski definition) is 2. The number of halogens is 1. The zero-order chi connectivity index (χ0) is 14.3. The number of nitrogens with one attached hydrogen (secondary N) is 2. The third-order valence-corrected chi connectivity index (χ3v) is 3.20. The summed E-state index contributed by atoms with van der Waals surface area (Å²) in [6.45, 7) is 6.80. The largest absolute Gasteiger partial charge is 0.348 e. The maximum atomic E-state index is 11.7. The molecule has 0 aliphatic heterocycles. The molecule has 1 aromatic carbocycles. The van der Waals surface area contributed by atoms with Crippen LogP contribution in [0.5, 0.6) is 0 Å². The van der Waals surface area contributed by atoms with E-state index in [2.05, 4.69) is 55.7 Å². The number of benzene rings is 1. The first-order valence-corrected chi connectivity index (χ1v) is 7.11. The molecule has 20 heavy (non-hydrogen) atoms. The van der Waals surface area contributed by atoms with Crippen molar-refractivity contribution in [2.45, 2.75) is 39.7 Å². The Kier molecular flexibility index (Phi) is 9.26. The number of hydrogen-bond donors (Lipinski definition) is 2. The Morgan fingerprint density at radius 2 is 1.80 bits per heavy atom. The van der Waals surface area contributed by atoms with E-state index in [0.717, 1.165) is 12.8 Å². The lowest BCUT2D eigenvalue weighted by Gasteiger charge is -2.23. The van der Waals surface area contributed by atoms with Gasteiger partial charge in [0.15, 0.2) is 0 Å². The topological polar surface area (TPSA) is 41.1 Å². The van der Waals surface area contributed by atoms with Gasteiger partial charge in [0.25, 0.3) is 0 Å². The van der Waals surface area contributed by atoms with E-state index < -0.39 is 0 Å². The predicted octanol–water partition coefficient (Wildman–Crippen LogP) is 3.09. The van der Waals surface area contributed by atoms with Gasteiger partial charge in [-0.25, -0.2) is 0 Å². The Morgan fingerprint density at radius 1 is 1.20 bits per heavy atom. The predicted molar refractivity (Wildman–Crippen MR) is 87.3 cm³/mol. The Labute approximate surface area is 128 Å². The van der Waals surface area contributed by atoms with Crippen molar-refractivity contribution in [3.8, 4) is 0 Å². The van der Waals surface area contributed by atoms with Crippen LogP contribution in [-0.2, 0) is 11.2 Å². The van der Waals surface area contributed by atoms with E-state index in [1.807, 2.05) is 0 Å². The maximum absolute atomic E-state index is 11.7. The molecule has 0 heterocycles. The summed E-state index contributed by atoms with van der Waals surface area (Å²) >= 11 is 0. The van der Waals surface area contributed by atoms with Gasteiger partial charge in [0, 0.05) is 0 Å². The minimum atomic E-state index is 0. The maximum Gasteiger partial charge on any atom is 0.234 e. The Balaban J connectivity index is 0.00000361. The first-order valence-electron chi connectivity index (χ1n) is 7.11. The fourth-order valence-electron chi connectivity index (χ4n) is 2.20.